The number of hydrogen-bond donors (Lipinski definition) is 5. The summed E-state index contributed by atoms with van der Waals surface area (Å²) in [7, 11) is 2.57. The largest absolute Gasteiger partial charge is 0.480 e. The molecule has 75 heavy (non-hydrogen) atoms. The van der Waals surface area contributed by atoms with Crippen molar-refractivity contribution in [2.24, 2.45) is 0 Å². The molecule has 25 nitrogen and oxygen atoms in total. The normalized spacial score (nSPS) is 11.0. The minimum Gasteiger partial charge on any atom is -0.480 e. The fourth-order valence-electron chi connectivity index (χ4n) is 5.58. The van der Waals surface area contributed by atoms with Crippen molar-refractivity contribution in [2.75, 3.05) is 184 Å². The Kier molecular flexibility index (Phi) is 59.7. The SMILES string of the molecule is COC(=O)CCN(CCOCCOCCOCC(=O)O)C(=O)CNC(=O)CCCc1ccc2c(n1)N(C(C)=O)CCC2.COC(=O)COCCOCCOCCO.F.FF.FF.OCCOCCOCCOCCO. The molecule has 0 bridgehead atoms. The van der Waals surface area contributed by atoms with Crippen LogP contribution in [0.15, 0.2) is 12.1 Å². The number of pyridine rings is 1. The molecule has 2 heterocycles. The van der Waals surface area contributed by atoms with Crippen LogP contribution in [0.3, 0.4) is 0 Å². The van der Waals surface area contributed by atoms with E-state index in [0.717, 1.165) is 24.1 Å². The number of hydrogen-bond acceptors (Lipinski definition) is 21. The van der Waals surface area contributed by atoms with Gasteiger partial charge in [0.2, 0.25) is 17.7 Å². The van der Waals surface area contributed by atoms with Crippen LogP contribution in [0.2, 0.25) is 0 Å². The predicted molar refractivity (Wildman–Crippen MR) is 255 cm³/mol. The van der Waals surface area contributed by atoms with Crippen LogP contribution in [-0.4, -0.2) is 245 Å². The zero-order chi connectivity index (χ0) is 55.9. The molecule has 0 fully saturated rings. The van der Waals surface area contributed by atoms with Gasteiger partial charge < -0.3 is 82.7 Å². The van der Waals surface area contributed by atoms with Gasteiger partial charge in [0.1, 0.15) is 19.0 Å². The van der Waals surface area contributed by atoms with Crippen LogP contribution in [0.4, 0.5) is 28.8 Å². The number of aromatic nitrogens is 1. The van der Waals surface area contributed by atoms with E-state index < -0.39 is 17.9 Å². The van der Waals surface area contributed by atoms with Crippen LogP contribution < -0.4 is 10.2 Å². The van der Waals surface area contributed by atoms with Gasteiger partial charge in [0.25, 0.3) is 0 Å². The van der Waals surface area contributed by atoms with Crippen molar-refractivity contribution < 1.29 is 124 Å². The van der Waals surface area contributed by atoms with Crippen molar-refractivity contribution in [3.05, 3.63) is 23.4 Å². The van der Waals surface area contributed by atoms with Gasteiger partial charge in [0, 0.05) is 57.0 Å². The molecule has 0 saturated carbocycles. The fourth-order valence-corrected chi connectivity index (χ4v) is 5.58. The summed E-state index contributed by atoms with van der Waals surface area (Å²) in [5.74, 6) is -1.88. The molecular weight excluding hydrogens is 1030 g/mol. The number of esters is 2. The summed E-state index contributed by atoms with van der Waals surface area (Å²) in [6.45, 7) is 7.65. The first-order chi connectivity index (χ1) is 35.9. The Bertz CT molecular complexity index is 1540. The lowest BCUT2D eigenvalue weighted by atomic mass is 10.0. The Morgan fingerprint density at radius 1 is 0.627 bits per heavy atom. The zero-order valence-corrected chi connectivity index (χ0v) is 43.1. The number of carbonyl (C=O) groups excluding carboxylic acids is 5. The van der Waals surface area contributed by atoms with Crippen molar-refractivity contribution >= 4 is 41.4 Å². The summed E-state index contributed by atoms with van der Waals surface area (Å²) >= 11 is 0. The number of aryl methyl sites for hydroxylation is 2. The van der Waals surface area contributed by atoms with Gasteiger partial charge in [-0.25, -0.2) is 14.6 Å². The number of rotatable bonds is 40. The number of ether oxygens (including phenoxy) is 11. The first-order valence-electron chi connectivity index (χ1n) is 23.4. The van der Waals surface area contributed by atoms with Gasteiger partial charge in [-0.05, 0) is 37.3 Å². The number of nitrogens with one attached hydrogen (secondary N) is 1. The second-order valence-electron chi connectivity index (χ2n) is 14.4. The van der Waals surface area contributed by atoms with Gasteiger partial charge in [0.15, 0.2) is 0 Å². The Morgan fingerprint density at radius 2 is 1.08 bits per heavy atom. The van der Waals surface area contributed by atoms with Gasteiger partial charge in [0.05, 0.1) is 153 Å². The third kappa shape index (κ3) is 48.5. The van der Waals surface area contributed by atoms with Gasteiger partial charge in [-0.3, -0.25) is 28.8 Å². The molecule has 0 unspecified atom stereocenters. The number of anilines is 1. The molecule has 1 aliphatic heterocycles. The number of carboxylic acids is 1. The Hall–Kier alpha value is -4.86. The Morgan fingerprint density at radius 3 is 1.53 bits per heavy atom. The average Bonchev–Trinajstić information content (AvgIpc) is 3.41. The lowest BCUT2D eigenvalue weighted by Crippen LogP contribution is -2.42. The smallest absolute Gasteiger partial charge is 0.331 e. The summed E-state index contributed by atoms with van der Waals surface area (Å²) in [4.78, 5) is 77.4. The molecule has 0 spiro atoms. The van der Waals surface area contributed by atoms with Crippen LogP contribution in [0, 0.1) is 0 Å². The van der Waals surface area contributed by atoms with Crippen molar-refractivity contribution in [1.29, 1.82) is 0 Å². The molecule has 0 aliphatic carbocycles. The third-order valence-corrected chi connectivity index (χ3v) is 9.03. The molecule has 30 heteroatoms. The topological polar surface area (TPSA) is 316 Å². The summed E-state index contributed by atoms with van der Waals surface area (Å²) in [6.07, 6.45) is 3.08. The number of carbonyl (C=O) groups is 6. The summed E-state index contributed by atoms with van der Waals surface area (Å²) in [6, 6.07) is 3.92. The van der Waals surface area contributed by atoms with E-state index in [0.29, 0.717) is 97.9 Å². The standard InChI is InChI=1S/C28H42N4O10.C9H18O6.C8H18O5.2F2.FH/c1-21(33)32-11-4-5-22-8-9-23(30-28(22)32)6-3-7-24(34)29-19-25(35)31(12-10-27(38)39-2)13-14-40-15-16-41-17-18-42-20-26(36)37;1-12-9(11)8-15-7-6-14-5-4-13-3-2-10;9-1-3-11-5-7-13-8-6-12-4-2-10;2*1-2;/h8-9H,3-7,10-20H2,1-2H3,(H,29,34)(H,36,37);10H,2-8H2,1H3;9-10H,1-8H2;;;1H. The second-order valence-corrected chi connectivity index (χ2v) is 14.4. The molecule has 0 aromatic carbocycles. The van der Waals surface area contributed by atoms with E-state index >= 15 is 0 Å². The maximum Gasteiger partial charge on any atom is 0.331 e. The van der Waals surface area contributed by atoms with Crippen molar-refractivity contribution in [2.45, 2.75) is 45.4 Å². The zero-order valence-electron chi connectivity index (χ0n) is 43.1. The third-order valence-electron chi connectivity index (χ3n) is 9.03. The fraction of sp³-hybridized carbons (Fsp3) is 0.756. The van der Waals surface area contributed by atoms with Crippen LogP contribution >= 0.6 is 0 Å². The van der Waals surface area contributed by atoms with E-state index in [9.17, 15) is 28.8 Å². The molecule has 0 saturated heterocycles. The predicted octanol–water partition coefficient (Wildman–Crippen LogP) is 0.401. The maximum absolute atomic E-state index is 12.8. The van der Waals surface area contributed by atoms with Gasteiger partial charge in [-0.1, -0.05) is 6.07 Å². The molecule has 3 amide bonds. The van der Waals surface area contributed by atoms with E-state index in [-0.39, 0.29) is 121 Å². The number of aliphatic hydroxyl groups is 3. The number of methoxy groups -OCH3 is 2. The molecule has 0 radical (unpaired) electrons. The van der Waals surface area contributed by atoms with Gasteiger partial charge in [-0.2, -0.15) is 0 Å². The number of carboxylic acid groups (broad SMARTS) is 1. The molecule has 1 aromatic heterocycles. The molecule has 5 N–H and O–H groups in total. The quantitative estimate of drug-likeness (QED) is 0.0337. The van der Waals surface area contributed by atoms with Crippen LogP contribution in [0.1, 0.15) is 43.9 Å². The van der Waals surface area contributed by atoms with Crippen LogP contribution in [-0.2, 0) is 93.7 Å². The average molecular weight is 1110 g/mol. The lowest BCUT2D eigenvalue weighted by molar-refractivity contribution is -0.146. The number of halogens is 5. The molecule has 1 aromatic rings. The van der Waals surface area contributed by atoms with E-state index in [1.54, 1.807) is 4.90 Å². The minimum absolute atomic E-state index is 0. The number of aliphatic carboxylic acids is 1. The maximum atomic E-state index is 12.8. The first kappa shape index (κ1) is 76.6. The second kappa shape index (κ2) is 58.4. The van der Waals surface area contributed by atoms with E-state index in [1.807, 2.05) is 12.1 Å². The molecule has 2 rings (SSSR count). The van der Waals surface area contributed by atoms with Crippen molar-refractivity contribution in [3.8, 4) is 0 Å². The van der Waals surface area contributed by atoms with Gasteiger partial charge in [-0.15, -0.1) is 0 Å². The Labute approximate surface area is 433 Å². The highest BCUT2D eigenvalue weighted by atomic mass is 20.0. The molecular formula is C45H79F5N4O21. The highest BCUT2D eigenvalue weighted by molar-refractivity contribution is 5.91. The monoisotopic (exact) mass is 1110 g/mol. The first-order valence-corrected chi connectivity index (χ1v) is 23.4. The Balaban J connectivity index is -0.000000624. The van der Waals surface area contributed by atoms with Crippen molar-refractivity contribution in [1.82, 2.24) is 15.2 Å². The highest BCUT2D eigenvalue weighted by Crippen LogP contribution is 2.25. The van der Waals surface area contributed by atoms with Crippen LogP contribution in [0.25, 0.3) is 0 Å². The number of aliphatic hydroxyl groups excluding tert-OH is 3. The molecule has 1 aliphatic rings. The lowest BCUT2D eigenvalue weighted by Gasteiger charge is -2.27. The highest BCUT2D eigenvalue weighted by Gasteiger charge is 2.22. The molecule has 440 valence electrons. The number of nitrogens with zero attached hydrogens (tertiary/aromatic N) is 3. The van der Waals surface area contributed by atoms with Gasteiger partial charge >= 0.3 is 17.9 Å². The van der Waals surface area contributed by atoms with Crippen molar-refractivity contribution in [3.63, 3.8) is 0 Å². The van der Waals surface area contributed by atoms with Crippen LogP contribution in [0.5, 0.6) is 0 Å². The summed E-state index contributed by atoms with van der Waals surface area (Å²) in [5, 5.41) is 36.2. The minimum atomic E-state index is -1.05. The number of amides is 3. The molecule has 0 atom stereocenters. The summed E-state index contributed by atoms with van der Waals surface area (Å²) in [5.41, 5.74) is 1.85. The van der Waals surface area contributed by atoms with E-state index in [1.165, 1.54) is 26.0 Å². The van der Waals surface area contributed by atoms with E-state index in [4.69, 9.17) is 81.4 Å². The van der Waals surface area contributed by atoms with E-state index in [2.05, 4.69) is 19.8 Å². The summed E-state index contributed by atoms with van der Waals surface area (Å²) < 4.78 is 86.7. The number of fused-ring (bicyclic) bond motifs is 1.